The highest BCUT2D eigenvalue weighted by Gasteiger charge is 2.18. The summed E-state index contributed by atoms with van der Waals surface area (Å²) >= 11 is 0. The van der Waals surface area contributed by atoms with Crippen LogP contribution in [0.5, 0.6) is 0 Å². The molecule has 1 unspecified atom stereocenters. The number of rotatable bonds is 6. The molecule has 104 valence electrons. The van der Waals surface area contributed by atoms with Crippen molar-refractivity contribution in [1.29, 1.82) is 0 Å². The van der Waals surface area contributed by atoms with E-state index < -0.39 is 17.7 Å². The maximum absolute atomic E-state index is 13.7. The second-order valence-corrected chi connectivity index (χ2v) is 4.88. The lowest BCUT2D eigenvalue weighted by Gasteiger charge is -2.18. The van der Waals surface area contributed by atoms with Crippen molar-refractivity contribution in [3.63, 3.8) is 0 Å². The van der Waals surface area contributed by atoms with Gasteiger partial charge in [0.05, 0.1) is 6.04 Å². The van der Waals surface area contributed by atoms with Crippen molar-refractivity contribution in [3.8, 4) is 0 Å². The van der Waals surface area contributed by atoms with Crippen LogP contribution in [0.4, 0.5) is 8.78 Å². The topological polar surface area (TPSA) is 38.0 Å². The fourth-order valence-corrected chi connectivity index (χ4v) is 2.52. The molecular formula is C15H20F2N2. The van der Waals surface area contributed by atoms with Crippen LogP contribution in [-0.2, 0) is 0 Å². The van der Waals surface area contributed by atoms with Crippen LogP contribution >= 0.6 is 0 Å². The van der Waals surface area contributed by atoms with Gasteiger partial charge in [0.1, 0.15) is 11.6 Å². The predicted molar refractivity (Wildman–Crippen MR) is 72.7 cm³/mol. The van der Waals surface area contributed by atoms with Crippen LogP contribution in [0, 0.1) is 11.6 Å². The molecule has 0 heterocycles. The summed E-state index contributed by atoms with van der Waals surface area (Å²) in [7, 11) is 0. The van der Waals surface area contributed by atoms with Crippen LogP contribution in [0.3, 0.4) is 0 Å². The molecule has 1 aliphatic rings. The van der Waals surface area contributed by atoms with E-state index in [-0.39, 0.29) is 12.1 Å². The Morgan fingerprint density at radius 2 is 2.00 bits per heavy atom. The molecule has 0 spiro atoms. The van der Waals surface area contributed by atoms with Gasteiger partial charge in [-0.3, -0.25) is 0 Å². The Morgan fingerprint density at radius 1 is 1.26 bits per heavy atom. The van der Waals surface area contributed by atoms with Crippen molar-refractivity contribution < 1.29 is 8.78 Å². The minimum Gasteiger partial charge on any atom is -0.329 e. The van der Waals surface area contributed by atoms with E-state index >= 15 is 0 Å². The molecule has 2 nitrogen and oxygen atoms in total. The van der Waals surface area contributed by atoms with Crippen LogP contribution < -0.4 is 11.1 Å². The number of hydrogen-bond donors (Lipinski definition) is 2. The molecule has 4 heteroatoms. The van der Waals surface area contributed by atoms with Crippen LogP contribution in [0.1, 0.15) is 37.3 Å². The van der Waals surface area contributed by atoms with Gasteiger partial charge in [0.25, 0.3) is 0 Å². The highest BCUT2D eigenvalue weighted by atomic mass is 19.1. The average molecular weight is 266 g/mol. The summed E-state index contributed by atoms with van der Waals surface area (Å²) in [4.78, 5) is 0. The van der Waals surface area contributed by atoms with Gasteiger partial charge >= 0.3 is 0 Å². The molecule has 19 heavy (non-hydrogen) atoms. The molecule has 0 amide bonds. The first kappa shape index (κ1) is 14.2. The fourth-order valence-electron chi connectivity index (χ4n) is 2.52. The van der Waals surface area contributed by atoms with Gasteiger partial charge in [-0.1, -0.05) is 17.7 Å². The molecule has 0 aliphatic heterocycles. The number of hydrogen-bond acceptors (Lipinski definition) is 2. The summed E-state index contributed by atoms with van der Waals surface area (Å²) in [5.41, 5.74) is 7.10. The normalized spacial score (nSPS) is 16.5. The number of halogens is 2. The highest BCUT2D eigenvalue weighted by molar-refractivity contribution is 5.23. The lowest BCUT2D eigenvalue weighted by molar-refractivity contribution is 0.472. The number of nitrogens with two attached hydrogens (primary N) is 1. The zero-order chi connectivity index (χ0) is 13.7. The number of benzene rings is 1. The van der Waals surface area contributed by atoms with Crippen LogP contribution in [0.15, 0.2) is 29.8 Å². The molecule has 0 fully saturated rings. The first-order valence-corrected chi connectivity index (χ1v) is 6.77. The predicted octanol–water partition coefficient (Wildman–Crippen LogP) is 3.05. The summed E-state index contributed by atoms with van der Waals surface area (Å²) in [6.45, 7) is 0.873. The molecule has 0 bridgehead atoms. The minimum atomic E-state index is -0.539. The zero-order valence-electron chi connectivity index (χ0n) is 11.0. The van der Waals surface area contributed by atoms with E-state index in [1.54, 1.807) is 0 Å². The van der Waals surface area contributed by atoms with Gasteiger partial charge in [0, 0.05) is 12.1 Å². The van der Waals surface area contributed by atoms with Crippen LogP contribution in [0.2, 0.25) is 0 Å². The monoisotopic (exact) mass is 266 g/mol. The van der Waals surface area contributed by atoms with Gasteiger partial charge in [-0.05, 0) is 44.4 Å². The Balaban J connectivity index is 1.95. The molecule has 0 saturated heterocycles. The smallest absolute Gasteiger partial charge is 0.130 e. The van der Waals surface area contributed by atoms with Crippen molar-refractivity contribution in [3.05, 3.63) is 47.0 Å². The zero-order valence-corrected chi connectivity index (χ0v) is 11.0. The van der Waals surface area contributed by atoms with E-state index in [2.05, 4.69) is 11.4 Å². The Hall–Kier alpha value is -1.26. The van der Waals surface area contributed by atoms with Crippen molar-refractivity contribution in [2.45, 2.75) is 31.7 Å². The summed E-state index contributed by atoms with van der Waals surface area (Å²) in [6, 6.07) is 3.43. The molecule has 0 saturated carbocycles. The average Bonchev–Trinajstić information content (AvgIpc) is 2.89. The van der Waals surface area contributed by atoms with E-state index in [0.29, 0.717) is 6.54 Å². The first-order valence-electron chi connectivity index (χ1n) is 6.77. The number of nitrogens with one attached hydrogen (secondary N) is 1. The van der Waals surface area contributed by atoms with Crippen LogP contribution in [-0.4, -0.2) is 13.1 Å². The molecule has 1 aromatic rings. The van der Waals surface area contributed by atoms with E-state index in [9.17, 15) is 8.78 Å². The summed E-state index contributed by atoms with van der Waals surface area (Å²) in [5, 5.41) is 3.15. The molecule has 0 radical (unpaired) electrons. The molecule has 1 atom stereocenters. The Bertz CT molecular complexity index is 437. The molecule has 2 rings (SSSR count). The molecule has 1 aliphatic carbocycles. The van der Waals surface area contributed by atoms with Crippen molar-refractivity contribution in [1.82, 2.24) is 5.32 Å². The van der Waals surface area contributed by atoms with Gasteiger partial charge < -0.3 is 11.1 Å². The van der Waals surface area contributed by atoms with Crippen molar-refractivity contribution in [2.75, 3.05) is 13.1 Å². The largest absolute Gasteiger partial charge is 0.329 e. The maximum atomic E-state index is 13.7. The maximum Gasteiger partial charge on any atom is 0.130 e. The van der Waals surface area contributed by atoms with Gasteiger partial charge in [-0.25, -0.2) is 8.78 Å². The Kier molecular flexibility index (Phi) is 5.05. The third kappa shape index (κ3) is 3.61. The first-order chi connectivity index (χ1) is 9.22. The third-order valence-corrected chi connectivity index (χ3v) is 3.56. The third-order valence-electron chi connectivity index (χ3n) is 3.56. The second kappa shape index (κ2) is 6.78. The molecule has 1 aromatic carbocycles. The standard InChI is InChI=1S/C15H20F2N2/c16-12-6-3-7-13(17)15(12)14(10-18)19-9-8-11-4-1-2-5-11/h3-4,6-7,14,19H,1-2,5,8-10,18H2. The molecule has 0 aromatic heterocycles. The van der Waals surface area contributed by atoms with E-state index in [1.165, 1.54) is 30.2 Å². The summed E-state index contributed by atoms with van der Waals surface area (Å²) < 4.78 is 27.3. The van der Waals surface area contributed by atoms with Gasteiger partial charge in [-0.2, -0.15) is 0 Å². The van der Waals surface area contributed by atoms with Gasteiger partial charge in [-0.15, -0.1) is 0 Å². The van der Waals surface area contributed by atoms with Crippen molar-refractivity contribution in [2.24, 2.45) is 5.73 Å². The Morgan fingerprint density at radius 3 is 2.58 bits per heavy atom. The summed E-state index contributed by atoms with van der Waals surface area (Å²) in [6.07, 6.45) is 6.69. The van der Waals surface area contributed by atoms with E-state index in [1.807, 2.05) is 0 Å². The Labute approximate surface area is 112 Å². The van der Waals surface area contributed by atoms with Gasteiger partial charge in [0.2, 0.25) is 0 Å². The highest BCUT2D eigenvalue weighted by Crippen LogP contribution is 2.22. The summed E-state index contributed by atoms with van der Waals surface area (Å²) in [5.74, 6) is -1.08. The number of allylic oxidation sites excluding steroid dienone is 1. The quantitative estimate of drug-likeness (QED) is 0.777. The lowest BCUT2D eigenvalue weighted by Crippen LogP contribution is -2.30. The SMILES string of the molecule is NCC(NCCC1=CCCC1)c1c(F)cccc1F. The van der Waals surface area contributed by atoms with E-state index in [4.69, 9.17) is 5.73 Å². The van der Waals surface area contributed by atoms with Gasteiger partial charge in [0.15, 0.2) is 0 Å². The van der Waals surface area contributed by atoms with Crippen LogP contribution in [0.25, 0.3) is 0 Å². The van der Waals surface area contributed by atoms with E-state index in [0.717, 1.165) is 19.3 Å². The molecule has 3 N–H and O–H groups in total. The van der Waals surface area contributed by atoms with Crippen molar-refractivity contribution >= 4 is 0 Å². The minimum absolute atomic E-state index is 0.0467. The molecular weight excluding hydrogens is 246 g/mol. The second-order valence-electron chi connectivity index (χ2n) is 4.88. The fraction of sp³-hybridized carbons (Fsp3) is 0.467. The lowest BCUT2D eigenvalue weighted by atomic mass is 10.0.